The third-order valence-electron chi connectivity index (χ3n) is 6.06. The van der Waals surface area contributed by atoms with E-state index in [9.17, 15) is 14.4 Å². The van der Waals surface area contributed by atoms with Crippen molar-refractivity contribution in [3.63, 3.8) is 0 Å². The fraction of sp³-hybridized carbons (Fsp3) is 0.833. The van der Waals surface area contributed by atoms with Gasteiger partial charge in [-0.25, -0.2) is 4.79 Å². The van der Waals surface area contributed by atoms with Gasteiger partial charge in [0.05, 0.1) is 19.1 Å². The number of nitrogens with two attached hydrogens (primary N) is 1. The highest BCUT2D eigenvalue weighted by Gasteiger charge is 2.61. The molecule has 5 atom stereocenters. The molecule has 8 heteroatoms. The van der Waals surface area contributed by atoms with E-state index in [1.54, 1.807) is 0 Å². The van der Waals surface area contributed by atoms with Gasteiger partial charge in [-0.3, -0.25) is 9.59 Å². The van der Waals surface area contributed by atoms with E-state index < -0.39 is 29.9 Å². The minimum Gasteiger partial charge on any atom is -0.480 e. The summed E-state index contributed by atoms with van der Waals surface area (Å²) in [6.45, 7) is 6.20. The number of carbonyl (C=O) groups excluding carboxylic acids is 2. The number of rotatable bonds is 8. The molecule has 4 N–H and O–H groups in total. The van der Waals surface area contributed by atoms with Crippen LogP contribution >= 0.6 is 0 Å². The number of amides is 1. The summed E-state index contributed by atoms with van der Waals surface area (Å²) in [6.07, 6.45) is 2.73. The zero-order valence-electron chi connectivity index (χ0n) is 15.9. The third kappa shape index (κ3) is 4.01. The molecule has 2 bridgehead atoms. The molecule has 8 nitrogen and oxygen atoms in total. The zero-order chi connectivity index (χ0) is 19.7. The minimum atomic E-state index is -1.23. The van der Waals surface area contributed by atoms with Crippen molar-refractivity contribution in [3.05, 3.63) is 0 Å². The standard InChI is InChI=1S/C18H30N2O6/c1-17(2)10-5-6-18(3,8-10)16(17)26-13(21)7-11(19)14(22)20-12(9-25-4)15(23)24/h10-12,16H,5-9,19H2,1-4H3,(H,20,22)(H,23,24)/t10?,11-,12+,16?,18?/m0/s1. The lowest BCUT2D eigenvalue weighted by Gasteiger charge is -2.41. The Morgan fingerprint density at radius 1 is 1.31 bits per heavy atom. The van der Waals surface area contributed by atoms with Crippen LogP contribution in [0.4, 0.5) is 0 Å². The van der Waals surface area contributed by atoms with Gasteiger partial charge >= 0.3 is 11.9 Å². The number of nitrogens with one attached hydrogen (secondary N) is 1. The summed E-state index contributed by atoms with van der Waals surface area (Å²) in [5.74, 6) is -1.94. The average molecular weight is 370 g/mol. The molecule has 0 radical (unpaired) electrons. The van der Waals surface area contributed by atoms with Gasteiger partial charge in [-0.1, -0.05) is 20.8 Å². The van der Waals surface area contributed by atoms with Gasteiger partial charge in [-0.2, -0.15) is 0 Å². The number of ether oxygens (including phenoxy) is 2. The van der Waals surface area contributed by atoms with E-state index in [-0.39, 0.29) is 30.0 Å². The predicted molar refractivity (Wildman–Crippen MR) is 93.1 cm³/mol. The van der Waals surface area contributed by atoms with Gasteiger partial charge in [0.2, 0.25) is 5.91 Å². The number of hydrogen-bond acceptors (Lipinski definition) is 6. The highest BCUT2D eigenvalue weighted by Crippen LogP contribution is 2.63. The van der Waals surface area contributed by atoms with E-state index in [2.05, 4.69) is 26.1 Å². The maximum Gasteiger partial charge on any atom is 0.328 e. The molecule has 148 valence electrons. The first kappa shape index (κ1) is 20.6. The van der Waals surface area contributed by atoms with Crippen LogP contribution in [0.5, 0.6) is 0 Å². The number of fused-ring (bicyclic) bond motifs is 2. The molecule has 2 aliphatic carbocycles. The second kappa shape index (κ2) is 7.52. The fourth-order valence-corrected chi connectivity index (χ4v) is 4.62. The molecule has 26 heavy (non-hydrogen) atoms. The van der Waals surface area contributed by atoms with Crippen LogP contribution in [0.15, 0.2) is 0 Å². The number of carboxylic acid groups (broad SMARTS) is 1. The number of hydrogen-bond donors (Lipinski definition) is 3. The van der Waals surface area contributed by atoms with Crippen LogP contribution in [0, 0.1) is 16.7 Å². The highest BCUT2D eigenvalue weighted by molar-refractivity contribution is 5.89. The molecule has 2 fully saturated rings. The van der Waals surface area contributed by atoms with E-state index in [1.807, 2.05) is 0 Å². The molecule has 0 aromatic rings. The Hall–Kier alpha value is -1.67. The molecule has 3 unspecified atom stereocenters. The van der Waals surface area contributed by atoms with E-state index in [1.165, 1.54) is 7.11 Å². The summed E-state index contributed by atoms with van der Waals surface area (Å²) in [7, 11) is 1.33. The van der Waals surface area contributed by atoms with Crippen LogP contribution in [0.3, 0.4) is 0 Å². The first-order valence-corrected chi connectivity index (χ1v) is 8.98. The monoisotopic (exact) mass is 370 g/mol. The fourth-order valence-electron chi connectivity index (χ4n) is 4.62. The van der Waals surface area contributed by atoms with E-state index in [4.69, 9.17) is 20.3 Å². The Labute approximate surface area is 153 Å². The summed E-state index contributed by atoms with van der Waals surface area (Å²) in [6, 6.07) is -2.38. The van der Waals surface area contributed by atoms with Crippen molar-refractivity contribution in [2.75, 3.05) is 13.7 Å². The number of methoxy groups -OCH3 is 1. The summed E-state index contributed by atoms with van der Waals surface area (Å²) >= 11 is 0. The summed E-state index contributed by atoms with van der Waals surface area (Å²) in [5, 5.41) is 11.3. The van der Waals surface area contributed by atoms with Gasteiger partial charge in [0.1, 0.15) is 6.10 Å². The van der Waals surface area contributed by atoms with Crippen LogP contribution in [0.25, 0.3) is 0 Å². The van der Waals surface area contributed by atoms with Crippen molar-refractivity contribution in [2.24, 2.45) is 22.5 Å². The molecule has 2 saturated carbocycles. The van der Waals surface area contributed by atoms with Gasteiger partial charge in [0.25, 0.3) is 0 Å². The minimum absolute atomic E-state index is 0.0248. The lowest BCUT2D eigenvalue weighted by molar-refractivity contribution is -0.165. The van der Waals surface area contributed by atoms with E-state index in [0.717, 1.165) is 19.3 Å². The molecular formula is C18H30N2O6. The summed E-state index contributed by atoms with van der Waals surface area (Å²) in [4.78, 5) is 35.5. The second-order valence-corrected chi connectivity index (χ2v) is 8.45. The van der Waals surface area contributed by atoms with E-state index >= 15 is 0 Å². The Kier molecular flexibility index (Phi) is 5.97. The van der Waals surface area contributed by atoms with Crippen LogP contribution in [0.2, 0.25) is 0 Å². The molecule has 2 aliphatic rings. The topological polar surface area (TPSA) is 128 Å². The Morgan fingerprint density at radius 3 is 2.46 bits per heavy atom. The van der Waals surface area contributed by atoms with Gasteiger partial charge in [-0.15, -0.1) is 0 Å². The molecular weight excluding hydrogens is 340 g/mol. The van der Waals surface area contributed by atoms with Gasteiger partial charge < -0.3 is 25.6 Å². The molecule has 0 aliphatic heterocycles. The quantitative estimate of drug-likeness (QED) is 0.536. The zero-order valence-corrected chi connectivity index (χ0v) is 15.9. The van der Waals surface area contributed by atoms with Gasteiger partial charge in [0, 0.05) is 17.9 Å². The van der Waals surface area contributed by atoms with Crippen molar-refractivity contribution in [3.8, 4) is 0 Å². The lowest BCUT2D eigenvalue weighted by atomic mass is 9.70. The van der Waals surface area contributed by atoms with Gasteiger partial charge in [-0.05, 0) is 25.2 Å². The number of carboxylic acids is 1. The maximum atomic E-state index is 12.3. The highest BCUT2D eigenvalue weighted by atomic mass is 16.5. The molecule has 0 saturated heterocycles. The molecule has 1 amide bonds. The first-order chi connectivity index (χ1) is 12.0. The molecule has 0 aromatic carbocycles. The number of aliphatic carboxylic acids is 1. The third-order valence-corrected chi connectivity index (χ3v) is 6.06. The van der Waals surface area contributed by atoms with Crippen LogP contribution < -0.4 is 11.1 Å². The van der Waals surface area contributed by atoms with Crippen LogP contribution in [0.1, 0.15) is 46.5 Å². The van der Waals surface area contributed by atoms with Gasteiger partial charge in [0.15, 0.2) is 6.04 Å². The summed E-state index contributed by atoms with van der Waals surface area (Å²) in [5.41, 5.74) is 5.65. The Morgan fingerprint density at radius 2 is 1.96 bits per heavy atom. The SMILES string of the molecule is COC[C@@H](NC(=O)[C@@H](N)CC(=O)OC1C2(C)CCC(C2)C1(C)C)C(=O)O. The summed E-state index contributed by atoms with van der Waals surface area (Å²) < 4.78 is 10.5. The number of carbonyl (C=O) groups is 3. The largest absolute Gasteiger partial charge is 0.480 e. The first-order valence-electron chi connectivity index (χ1n) is 8.98. The lowest BCUT2D eigenvalue weighted by Crippen LogP contribution is -2.51. The van der Waals surface area contributed by atoms with Crippen LogP contribution in [-0.2, 0) is 23.9 Å². The Balaban J connectivity index is 1.91. The van der Waals surface area contributed by atoms with Crippen LogP contribution in [-0.4, -0.2) is 54.9 Å². The van der Waals surface area contributed by atoms with E-state index in [0.29, 0.717) is 5.92 Å². The average Bonchev–Trinajstić information content (AvgIpc) is 3.02. The molecule has 2 rings (SSSR count). The van der Waals surface area contributed by atoms with Crippen molar-refractivity contribution in [2.45, 2.75) is 64.6 Å². The van der Waals surface area contributed by atoms with Crippen molar-refractivity contribution >= 4 is 17.8 Å². The van der Waals surface area contributed by atoms with Crippen molar-refractivity contribution < 1.29 is 29.0 Å². The molecule has 0 spiro atoms. The smallest absolute Gasteiger partial charge is 0.328 e. The number of esters is 1. The normalized spacial score (nSPS) is 31.3. The maximum absolute atomic E-state index is 12.3. The van der Waals surface area contributed by atoms with Crippen molar-refractivity contribution in [1.29, 1.82) is 0 Å². The molecule has 0 aromatic heterocycles. The molecule has 0 heterocycles. The Bertz CT molecular complexity index is 573. The second-order valence-electron chi connectivity index (χ2n) is 8.45. The predicted octanol–water partition coefficient (Wildman–Crippen LogP) is 0.678. The van der Waals surface area contributed by atoms with Crippen molar-refractivity contribution in [1.82, 2.24) is 5.32 Å².